The number of hydrogen-bond acceptors (Lipinski definition) is 7. The smallest absolute Gasteiger partial charge is 0.321 e. The van der Waals surface area contributed by atoms with E-state index in [9.17, 15) is 4.79 Å². The molecule has 3 fully saturated rings. The summed E-state index contributed by atoms with van der Waals surface area (Å²) in [6.07, 6.45) is 2.79. The Morgan fingerprint density at radius 2 is 1.66 bits per heavy atom. The average Bonchev–Trinajstić information content (AvgIpc) is 3.40. The molecule has 0 aliphatic carbocycles. The first kappa shape index (κ1) is 24.1. The van der Waals surface area contributed by atoms with Crippen LogP contribution in [-0.4, -0.2) is 97.6 Å². The van der Waals surface area contributed by atoms with E-state index in [-0.39, 0.29) is 6.03 Å². The quantitative estimate of drug-likeness (QED) is 0.677. The summed E-state index contributed by atoms with van der Waals surface area (Å²) in [5.74, 6) is 1.79. The highest BCUT2D eigenvalue weighted by Gasteiger charge is 2.25. The molecule has 0 saturated carbocycles. The van der Waals surface area contributed by atoms with Crippen molar-refractivity contribution in [1.29, 1.82) is 0 Å². The molecule has 3 saturated heterocycles. The summed E-state index contributed by atoms with van der Waals surface area (Å²) in [5, 5.41) is 12.6. The molecule has 2 amide bonds. The topological polar surface area (TPSA) is 77.1 Å². The summed E-state index contributed by atoms with van der Waals surface area (Å²) in [6.45, 7) is 10.6. The first-order valence-corrected chi connectivity index (χ1v) is 12.9. The Morgan fingerprint density at radius 3 is 2.23 bits per heavy atom. The molecule has 1 N–H and O–H groups in total. The van der Waals surface area contributed by atoms with E-state index in [4.69, 9.17) is 16.3 Å². The zero-order valence-electron chi connectivity index (χ0n) is 20.3. The second-order valence-electron chi connectivity index (χ2n) is 9.54. The molecule has 188 valence electrons. The Hall–Kier alpha value is -2.62. The van der Waals surface area contributed by atoms with Crippen LogP contribution in [0.2, 0.25) is 5.02 Å². The summed E-state index contributed by atoms with van der Waals surface area (Å²) in [5.41, 5.74) is 1.70. The lowest BCUT2D eigenvalue weighted by atomic mass is 10.2. The number of carbonyl (C=O) groups excluding carboxylic acids is 1. The Kier molecular flexibility index (Phi) is 7.55. The van der Waals surface area contributed by atoms with Crippen LogP contribution in [0.3, 0.4) is 0 Å². The van der Waals surface area contributed by atoms with Gasteiger partial charge in [-0.1, -0.05) is 17.7 Å². The number of halogens is 1. The maximum atomic E-state index is 12.7. The number of amides is 2. The Morgan fingerprint density at radius 1 is 1.00 bits per heavy atom. The van der Waals surface area contributed by atoms with Gasteiger partial charge in [0.05, 0.1) is 6.10 Å². The van der Waals surface area contributed by atoms with Gasteiger partial charge in [-0.2, -0.15) is 0 Å². The normalized spacial score (nSPS) is 21.4. The molecule has 1 atom stereocenters. The van der Waals surface area contributed by atoms with Crippen LogP contribution in [0.25, 0.3) is 0 Å². The number of carbonyl (C=O) groups is 1. The summed E-state index contributed by atoms with van der Waals surface area (Å²) in [4.78, 5) is 21.5. The second kappa shape index (κ2) is 11.0. The molecule has 1 unspecified atom stereocenters. The van der Waals surface area contributed by atoms with Crippen LogP contribution in [-0.2, 0) is 4.74 Å². The van der Waals surface area contributed by atoms with Crippen LogP contribution in [0.4, 0.5) is 22.1 Å². The zero-order chi connectivity index (χ0) is 24.2. The van der Waals surface area contributed by atoms with E-state index < -0.39 is 0 Å². The molecule has 0 spiro atoms. The molecule has 35 heavy (non-hydrogen) atoms. The number of aromatic nitrogens is 2. The van der Waals surface area contributed by atoms with Gasteiger partial charge in [0.2, 0.25) is 0 Å². The fraction of sp³-hybridized carbons (Fsp3) is 0.560. The monoisotopic (exact) mass is 499 g/mol. The first-order chi connectivity index (χ1) is 17.0. The third-order valence-corrected chi connectivity index (χ3v) is 7.54. The second-order valence-corrected chi connectivity index (χ2v) is 9.95. The minimum Gasteiger partial charge on any atom is -0.377 e. The molecule has 1 aromatic carbocycles. The van der Waals surface area contributed by atoms with Crippen molar-refractivity contribution in [2.75, 3.05) is 80.6 Å². The largest absolute Gasteiger partial charge is 0.377 e. The van der Waals surface area contributed by atoms with E-state index in [1.807, 2.05) is 30.0 Å². The minimum absolute atomic E-state index is 0.107. The molecule has 3 aliphatic heterocycles. The number of aryl methyl sites for hydroxylation is 1. The van der Waals surface area contributed by atoms with E-state index in [2.05, 4.69) is 36.3 Å². The van der Waals surface area contributed by atoms with Gasteiger partial charge in [0.25, 0.3) is 0 Å². The summed E-state index contributed by atoms with van der Waals surface area (Å²) in [6, 6.07) is 9.57. The molecule has 1 aromatic heterocycles. The fourth-order valence-corrected chi connectivity index (χ4v) is 5.08. The van der Waals surface area contributed by atoms with E-state index in [0.29, 0.717) is 29.9 Å². The molecular formula is C25H34ClN7O2. The van der Waals surface area contributed by atoms with Gasteiger partial charge in [-0.3, -0.25) is 4.90 Å². The predicted molar refractivity (Wildman–Crippen MR) is 139 cm³/mol. The van der Waals surface area contributed by atoms with Gasteiger partial charge in [-0.05, 0) is 49.6 Å². The first-order valence-electron chi connectivity index (χ1n) is 12.5. The van der Waals surface area contributed by atoms with Gasteiger partial charge in [0.1, 0.15) is 0 Å². The van der Waals surface area contributed by atoms with Crippen molar-refractivity contribution in [1.82, 2.24) is 20.0 Å². The number of urea groups is 1. The number of ether oxygens (including phenoxy) is 1. The van der Waals surface area contributed by atoms with Gasteiger partial charge in [-0.15, -0.1) is 10.2 Å². The molecule has 0 bridgehead atoms. The molecule has 5 rings (SSSR count). The van der Waals surface area contributed by atoms with Crippen LogP contribution < -0.4 is 15.1 Å². The zero-order valence-corrected chi connectivity index (χ0v) is 21.1. The predicted octanol–water partition coefficient (Wildman–Crippen LogP) is 3.09. The van der Waals surface area contributed by atoms with E-state index in [1.54, 1.807) is 6.07 Å². The standard InChI is InChI=1S/C25H34ClN7O2/c1-19-4-5-20(17-22(19)26)27-25(34)33-14-12-32(13-15-33)24-7-6-23(28-29-24)31-10-8-30(9-11-31)18-21-3-2-16-35-21/h4-7,17,21H,2-3,8-16,18H2,1H3,(H,27,34). The van der Waals surface area contributed by atoms with Crippen molar-refractivity contribution in [3.63, 3.8) is 0 Å². The molecule has 4 heterocycles. The molecule has 2 aromatic rings. The highest BCUT2D eigenvalue weighted by Crippen LogP contribution is 2.22. The minimum atomic E-state index is -0.107. The number of nitrogens with zero attached hydrogens (tertiary/aromatic N) is 6. The molecule has 0 radical (unpaired) electrons. The summed E-state index contributed by atoms with van der Waals surface area (Å²) >= 11 is 6.17. The van der Waals surface area contributed by atoms with E-state index >= 15 is 0 Å². The Bertz CT molecular complexity index is 999. The number of piperazine rings is 2. The van der Waals surface area contributed by atoms with Crippen molar-refractivity contribution in [2.24, 2.45) is 0 Å². The van der Waals surface area contributed by atoms with Crippen LogP contribution in [0, 0.1) is 6.92 Å². The lowest BCUT2D eigenvalue weighted by Crippen LogP contribution is -2.50. The van der Waals surface area contributed by atoms with E-state index in [0.717, 1.165) is 69.6 Å². The number of benzene rings is 1. The summed E-state index contributed by atoms with van der Waals surface area (Å²) in [7, 11) is 0. The SMILES string of the molecule is Cc1ccc(NC(=O)N2CCN(c3ccc(N4CCN(CC5CCCO5)CC4)nn3)CC2)cc1Cl. The Balaban J connectivity index is 1.08. The van der Waals surface area contributed by atoms with Crippen molar-refractivity contribution < 1.29 is 9.53 Å². The number of nitrogens with one attached hydrogen (secondary N) is 1. The van der Waals surface area contributed by atoms with Gasteiger partial charge < -0.3 is 24.8 Å². The fourth-order valence-electron chi connectivity index (χ4n) is 4.90. The highest BCUT2D eigenvalue weighted by molar-refractivity contribution is 6.31. The van der Waals surface area contributed by atoms with Gasteiger partial charge >= 0.3 is 6.03 Å². The third kappa shape index (κ3) is 5.97. The average molecular weight is 500 g/mol. The van der Waals surface area contributed by atoms with E-state index in [1.165, 1.54) is 12.8 Å². The van der Waals surface area contributed by atoms with Crippen LogP contribution in [0.5, 0.6) is 0 Å². The van der Waals surface area contributed by atoms with Gasteiger partial charge in [0, 0.05) is 76.2 Å². The van der Waals surface area contributed by atoms with Crippen molar-refractivity contribution in [2.45, 2.75) is 25.9 Å². The summed E-state index contributed by atoms with van der Waals surface area (Å²) < 4.78 is 5.78. The number of hydrogen-bond donors (Lipinski definition) is 1. The number of anilines is 3. The van der Waals surface area contributed by atoms with Crippen LogP contribution in [0.15, 0.2) is 30.3 Å². The van der Waals surface area contributed by atoms with Crippen LogP contribution in [0.1, 0.15) is 18.4 Å². The van der Waals surface area contributed by atoms with Crippen molar-refractivity contribution >= 4 is 35.0 Å². The highest BCUT2D eigenvalue weighted by atomic mass is 35.5. The van der Waals surface area contributed by atoms with Crippen molar-refractivity contribution in [3.05, 3.63) is 40.9 Å². The van der Waals surface area contributed by atoms with Gasteiger partial charge in [-0.25, -0.2) is 4.79 Å². The van der Waals surface area contributed by atoms with Gasteiger partial charge in [0.15, 0.2) is 11.6 Å². The maximum absolute atomic E-state index is 12.7. The molecule has 3 aliphatic rings. The number of rotatable bonds is 5. The molecule has 10 heteroatoms. The van der Waals surface area contributed by atoms with Crippen molar-refractivity contribution in [3.8, 4) is 0 Å². The van der Waals surface area contributed by atoms with Crippen LogP contribution >= 0.6 is 11.6 Å². The maximum Gasteiger partial charge on any atom is 0.321 e. The third-order valence-electron chi connectivity index (χ3n) is 7.13. The Labute approximate surface area is 212 Å². The molecular weight excluding hydrogens is 466 g/mol. The lowest BCUT2D eigenvalue weighted by molar-refractivity contribution is 0.0712. The molecule has 9 nitrogen and oxygen atoms in total. The lowest BCUT2D eigenvalue weighted by Gasteiger charge is -2.37.